The van der Waals surface area contributed by atoms with E-state index in [9.17, 15) is 14.4 Å². The Bertz CT molecular complexity index is 497. The van der Waals surface area contributed by atoms with Gasteiger partial charge >= 0.3 is 0 Å². The Morgan fingerprint density at radius 2 is 1.79 bits per heavy atom. The number of rotatable bonds is 5. The summed E-state index contributed by atoms with van der Waals surface area (Å²) >= 11 is 0. The molecule has 0 radical (unpaired) electrons. The van der Waals surface area contributed by atoms with Crippen LogP contribution in [0, 0.1) is 0 Å². The van der Waals surface area contributed by atoms with E-state index in [0.717, 1.165) is 5.56 Å². The number of nitrogens with zero attached hydrogens (tertiary/aromatic N) is 1. The highest BCUT2D eigenvalue weighted by Gasteiger charge is 2.10. The Morgan fingerprint density at radius 1 is 1.16 bits per heavy atom. The van der Waals surface area contributed by atoms with Gasteiger partial charge in [-0.15, -0.1) is 0 Å². The van der Waals surface area contributed by atoms with E-state index in [-0.39, 0.29) is 24.0 Å². The molecule has 0 fully saturated rings. The second-order valence-electron chi connectivity index (χ2n) is 4.46. The summed E-state index contributed by atoms with van der Waals surface area (Å²) in [5, 5.41) is 2.69. The standard InChI is InChI=1S/C14H18N2O3/c1-10(17)8-14(19)15-13-7-5-4-6-12(13)9-16(3)11(2)18/h4-7H,8-9H2,1-3H3,(H,15,19). The number of carbonyl (C=O) groups excluding carboxylic acids is 3. The molecule has 0 bridgehead atoms. The first-order chi connectivity index (χ1) is 8.90. The van der Waals surface area contributed by atoms with Gasteiger partial charge < -0.3 is 10.2 Å². The van der Waals surface area contributed by atoms with E-state index in [1.807, 2.05) is 12.1 Å². The van der Waals surface area contributed by atoms with Crippen molar-refractivity contribution in [2.24, 2.45) is 0 Å². The summed E-state index contributed by atoms with van der Waals surface area (Å²) in [7, 11) is 1.69. The Kier molecular flexibility index (Phi) is 5.23. The number of anilines is 1. The Balaban J connectivity index is 2.81. The van der Waals surface area contributed by atoms with E-state index < -0.39 is 0 Å². The van der Waals surface area contributed by atoms with Crippen molar-refractivity contribution in [3.63, 3.8) is 0 Å². The average Bonchev–Trinajstić information content (AvgIpc) is 2.30. The highest BCUT2D eigenvalue weighted by molar-refractivity contribution is 6.03. The lowest BCUT2D eigenvalue weighted by molar-refractivity contribution is -0.128. The maximum absolute atomic E-state index is 11.6. The smallest absolute Gasteiger partial charge is 0.231 e. The number of hydrogen-bond acceptors (Lipinski definition) is 3. The van der Waals surface area contributed by atoms with Crippen molar-refractivity contribution in [2.75, 3.05) is 12.4 Å². The monoisotopic (exact) mass is 262 g/mol. The van der Waals surface area contributed by atoms with Crippen molar-refractivity contribution in [3.8, 4) is 0 Å². The molecule has 2 amide bonds. The fourth-order valence-electron chi connectivity index (χ4n) is 1.57. The minimum absolute atomic E-state index is 0.0511. The van der Waals surface area contributed by atoms with Crippen LogP contribution < -0.4 is 5.32 Å². The summed E-state index contributed by atoms with van der Waals surface area (Å²) in [4.78, 5) is 35.2. The van der Waals surface area contributed by atoms with Crippen LogP contribution in [0.25, 0.3) is 0 Å². The third-order valence-electron chi connectivity index (χ3n) is 2.65. The van der Waals surface area contributed by atoms with Gasteiger partial charge in [-0.2, -0.15) is 0 Å². The van der Waals surface area contributed by atoms with Gasteiger partial charge in [0.2, 0.25) is 11.8 Å². The first-order valence-electron chi connectivity index (χ1n) is 5.99. The first-order valence-corrected chi connectivity index (χ1v) is 5.99. The third kappa shape index (κ3) is 4.91. The maximum atomic E-state index is 11.6. The van der Waals surface area contributed by atoms with Gasteiger partial charge in [0.25, 0.3) is 0 Å². The van der Waals surface area contributed by atoms with E-state index in [0.29, 0.717) is 12.2 Å². The van der Waals surface area contributed by atoms with Crippen LogP contribution in [0.3, 0.4) is 0 Å². The molecule has 102 valence electrons. The SMILES string of the molecule is CC(=O)CC(=O)Nc1ccccc1CN(C)C(C)=O. The van der Waals surface area contributed by atoms with Crippen molar-refractivity contribution in [3.05, 3.63) is 29.8 Å². The lowest BCUT2D eigenvalue weighted by Gasteiger charge is -2.17. The highest BCUT2D eigenvalue weighted by atomic mass is 16.2. The molecule has 0 aliphatic heterocycles. The number of carbonyl (C=O) groups is 3. The van der Waals surface area contributed by atoms with Crippen molar-refractivity contribution in [1.82, 2.24) is 4.90 Å². The zero-order chi connectivity index (χ0) is 14.4. The van der Waals surface area contributed by atoms with Crippen LogP contribution in [0.2, 0.25) is 0 Å². The average molecular weight is 262 g/mol. The van der Waals surface area contributed by atoms with Gasteiger partial charge in [-0.25, -0.2) is 0 Å². The van der Waals surface area contributed by atoms with Crippen molar-refractivity contribution in [1.29, 1.82) is 0 Å². The molecule has 0 atom stereocenters. The Labute approximate surface area is 112 Å². The summed E-state index contributed by atoms with van der Waals surface area (Å²) in [5.74, 6) is -0.578. The molecule has 1 aromatic rings. The van der Waals surface area contributed by atoms with Crippen LogP contribution in [-0.2, 0) is 20.9 Å². The molecule has 19 heavy (non-hydrogen) atoms. The van der Waals surface area contributed by atoms with E-state index >= 15 is 0 Å². The van der Waals surface area contributed by atoms with E-state index in [1.54, 1.807) is 24.1 Å². The molecule has 0 aliphatic rings. The maximum Gasteiger partial charge on any atom is 0.231 e. The highest BCUT2D eigenvalue weighted by Crippen LogP contribution is 2.17. The molecule has 0 heterocycles. The predicted octanol–water partition coefficient (Wildman–Crippen LogP) is 1.58. The molecule has 1 rings (SSSR count). The van der Waals surface area contributed by atoms with Gasteiger partial charge in [0, 0.05) is 26.2 Å². The quantitative estimate of drug-likeness (QED) is 0.819. The summed E-state index contributed by atoms with van der Waals surface area (Å²) in [6, 6.07) is 7.22. The number of amides is 2. The number of benzene rings is 1. The van der Waals surface area contributed by atoms with Crippen LogP contribution in [0.4, 0.5) is 5.69 Å². The second-order valence-corrected chi connectivity index (χ2v) is 4.46. The molecule has 0 aliphatic carbocycles. The van der Waals surface area contributed by atoms with Gasteiger partial charge in [0.1, 0.15) is 5.78 Å². The van der Waals surface area contributed by atoms with Crippen LogP contribution in [-0.4, -0.2) is 29.5 Å². The molecule has 0 unspecified atom stereocenters. The minimum atomic E-state index is -0.342. The summed E-state index contributed by atoms with van der Waals surface area (Å²) in [6.07, 6.45) is -0.142. The predicted molar refractivity (Wildman–Crippen MR) is 72.5 cm³/mol. The summed E-state index contributed by atoms with van der Waals surface area (Å²) < 4.78 is 0. The topological polar surface area (TPSA) is 66.5 Å². The van der Waals surface area contributed by atoms with Crippen LogP contribution >= 0.6 is 0 Å². The molecule has 1 N–H and O–H groups in total. The number of ketones is 1. The van der Waals surface area contributed by atoms with Gasteiger partial charge in [0.15, 0.2) is 0 Å². The van der Waals surface area contributed by atoms with Crippen LogP contribution in [0.5, 0.6) is 0 Å². The molecule has 0 saturated heterocycles. The molecule has 0 aromatic heterocycles. The first kappa shape index (κ1) is 14.9. The molecule has 1 aromatic carbocycles. The zero-order valence-electron chi connectivity index (χ0n) is 11.4. The molecule has 5 heteroatoms. The van der Waals surface area contributed by atoms with Crippen LogP contribution in [0.15, 0.2) is 24.3 Å². The van der Waals surface area contributed by atoms with E-state index in [2.05, 4.69) is 5.32 Å². The van der Waals surface area contributed by atoms with Crippen molar-refractivity contribution >= 4 is 23.3 Å². The number of Topliss-reactive ketones (excluding diaryl/α,β-unsaturated/α-hetero) is 1. The largest absolute Gasteiger partial charge is 0.342 e. The van der Waals surface area contributed by atoms with Crippen molar-refractivity contribution < 1.29 is 14.4 Å². The zero-order valence-corrected chi connectivity index (χ0v) is 11.4. The van der Waals surface area contributed by atoms with Gasteiger partial charge in [-0.05, 0) is 18.6 Å². The van der Waals surface area contributed by atoms with Crippen molar-refractivity contribution in [2.45, 2.75) is 26.8 Å². The molecular weight excluding hydrogens is 244 g/mol. The molecular formula is C14H18N2O3. The van der Waals surface area contributed by atoms with E-state index in [1.165, 1.54) is 13.8 Å². The number of nitrogens with one attached hydrogen (secondary N) is 1. The van der Waals surface area contributed by atoms with E-state index in [4.69, 9.17) is 0 Å². The Hall–Kier alpha value is -2.17. The number of hydrogen-bond donors (Lipinski definition) is 1. The molecule has 0 spiro atoms. The lowest BCUT2D eigenvalue weighted by Crippen LogP contribution is -2.24. The normalized spacial score (nSPS) is 9.84. The molecule has 0 saturated carbocycles. The second kappa shape index (κ2) is 6.68. The third-order valence-corrected chi connectivity index (χ3v) is 2.65. The summed E-state index contributed by atoms with van der Waals surface area (Å²) in [5.41, 5.74) is 1.46. The van der Waals surface area contributed by atoms with Gasteiger partial charge in [-0.3, -0.25) is 14.4 Å². The van der Waals surface area contributed by atoms with Gasteiger partial charge in [-0.1, -0.05) is 18.2 Å². The fraction of sp³-hybridized carbons (Fsp3) is 0.357. The van der Waals surface area contributed by atoms with Crippen LogP contribution in [0.1, 0.15) is 25.8 Å². The molecule has 5 nitrogen and oxygen atoms in total. The lowest BCUT2D eigenvalue weighted by atomic mass is 10.1. The van der Waals surface area contributed by atoms with Gasteiger partial charge in [0.05, 0.1) is 6.42 Å². The number of para-hydroxylation sites is 1. The minimum Gasteiger partial charge on any atom is -0.342 e. The Morgan fingerprint density at radius 3 is 2.37 bits per heavy atom. The fourth-order valence-corrected chi connectivity index (χ4v) is 1.57. The summed E-state index contributed by atoms with van der Waals surface area (Å²) in [6.45, 7) is 3.26.